The van der Waals surface area contributed by atoms with E-state index >= 15 is 0 Å². The van der Waals surface area contributed by atoms with Gasteiger partial charge in [-0.15, -0.1) is 0 Å². The number of ether oxygens (including phenoxy) is 1. The molecule has 3 aromatic rings. The topological polar surface area (TPSA) is 88.8 Å². The van der Waals surface area contributed by atoms with Crippen molar-refractivity contribution >= 4 is 11.8 Å². The zero-order chi connectivity index (χ0) is 27.8. The third-order valence-corrected chi connectivity index (χ3v) is 6.70. The zero-order valence-electron chi connectivity index (χ0n) is 22.9. The molecule has 0 aliphatic carbocycles. The Balaban J connectivity index is 1.22. The number of likely N-dealkylation sites (tertiary alicyclic amines) is 1. The number of guanidine groups is 1. The molecule has 1 saturated heterocycles. The van der Waals surface area contributed by atoms with Crippen molar-refractivity contribution < 1.29 is 9.13 Å². The molecule has 2 aromatic carbocycles. The van der Waals surface area contributed by atoms with E-state index in [0.717, 1.165) is 30.1 Å². The second-order valence-corrected chi connectivity index (χ2v) is 9.82. The van der Waals surface area contributed by atoms with Crippen LogP contribution in [0.15, 0.2) is 77.9 Å². The first-order chi connectivity index (χ1) is 19.7. The lowest BCUT2D eigenvalue weighted by molar-refractivity contribution is 0.220. The first kappa shape index (κ1) is 28.8. The van der Waals surface area contributed by atoms with Crippen LogP contribution in [0, 0.1) is 17.3 Å². The fraction of sp³-hybridized carbons (Fsp3) is 0.387. The van der Waals surface area contributed by atoms with Gasteiger partial charge in [-0.1, -0.05) is 36.8 Å². The van der Waals surface area contributed by atoms with E-state index in [1.165, 1.54) is 50.0 Å². The SMILES string of the molecule is N#CNC(=NCCCOc1cccc(CN2CCCCC2)c1)NCCN(Cc1ccc(F)cc1)c1ccccn1. The number of nitriles is 1. The Labute approximate surface area is 236 Å². The van der Waals surface area contributed by atoms with E-state index in [-0.39, 0.29) is 5.82 Å². The van der Waals surface area contributed by atoms with Gasteiger partial charge in [0.15, 0.2) is 6.19 Å². The Morgan fingerprint density at radius 2 is 1.90 bits per heavy atom. The summed E-state index contributed by atoms with van der Waals surface area (Å²) in [5.41, 5.74) is 2.26. The van der Waals surface area contributed by atoms with Crippen molar-refractivity contribution in [3.05, 3.63) is 89.9 Å². The highest BCUT2D eigenvalue weighted by molar-refractivity contribution is 5.81. The van der Waals surface area contributed by atoms with Gasteiger partial charge in [-0.05, 0) is 73.5 Å². The molecule has 0 saturated carbocycles. The Kier molecular flexibility index (Phi) is 11.6. The molecule has 210 valence electrons. The average molecular weight is 544 g/mol. The first-order valence-corrected chi connectivity index (χ1v) is 14.0. The molecule has 0 atom stereocenters. The van der Waals surface area contributed by atoms with Gasteiger partial charge in [0.05, 0.1) is 6.61 Å². The van der Waals surface area contributed by atoms with Crippen LogP contribution in [0.25, 0.3) is 0 Å². The van der Waals surface area contributed by atoms with Gasteiger partial charge in [-0.25, -0.2) is 9.37 Å². The molecule has 1 aliphatic rings. The molecule has 40 heavy (non-hydrogen) atoms. The largest absolute Gasteiger partial charge is 0.494 e. The number of aliphatic imine (C=N–C) groups is 1. The molecule has 8 nitrogen and oxygen atoms in total. The van der Waals surface area contributed by atoms with Gasteiger partial charge in [-0.3, -0.25) is 15.2 Å². The molecule has 4 rings (SSSR count). The van der Waals surface area contributed by atoms with Crippen LogP contribution in [0.1, 0.15) is 36.8 Å². The zero-order valence-corrected chi connectivity index (χ0v) is 22.9. The molecule has 1 fully saturated rings. The lowest BCUT2D eigenvalue weighted by Crippen LogP contribution is -2.40. The summed E-state index contributed by atoms with van der Waals surface area (Å²) in [4.78, 5) is 13.6. The number of anilines is 1. The lowest BCUT2D eigenvalue weighted by Gasteiger charge is -2.26. The van der Waals surface area contributed by atoms with Crippen LogP contribution in [0.3, 0.4) is 0 Å². The molecule has 2 N–H and O–H groups in total. The minimum atomic E-state index is -0.259. The summed E-state index contributed by atoms with van der Waals surface area (Å²) in [5, 5.41) is 15.0. The standard InChI is InChI=1S/C31H38FN7O/c32-28-13-11-26(12-14-28)24-39(30-10-2-3-15-34-30)20-17-36-31(37-25-33)35-16-7-21-40-29-9-6-8-27(22-29)23-38-18-4-1-5-19-38/h2-3,6,8-15,22H,1,4-5,7,16-21,23-24H2,(H2,35,36,37). The molecule has 0 radical (unpaired) electrons. The summed E-state index contributed by atoms with van der Waals surface area (Å²) in [6.45, 7) is 6.09. The fourth-order valence-electron chi connectivity index (χ4n) is 4.68. The van der Waals surface area contributed by atoms with E-state index in [9.17, 15) is 9.65 Å². The predicted molar refractivity (Wildman–Crippen MR) is 156 cm³/mol. The maximum atomic E-state index is 13.4. The van der Waals surface area contributed by atoms with Gasteiger partial charge in [0.2, 0.25) is 5.96 Å². The van der Waals surface area contributed by atoms with Gasteiger partial charge in [-0.2, -0.15) is 5.26 Å². The molecule has 9 heteroatoms. The monoisotopic (exact) mass is 543 g/mol. The number of hydrogen-bond donors (Lipinski definition) is 2. The van der Waals surface area contributed by atoms with Gasteiger partial charge in [0.25, 0.3) is 0 Å². The third-order valence-electron chi connectivity index (χ3n) is 6.70. The second kappa shape index (κ2) is 16.1. The van der Waals surface area contributed by atoms with Crippen LogP contribution in [-0.2, 0) is 13.1 Å². The van der Waals surface area contributed by atoms with Crippen molar-refractivity contribution in [1.29, 1.82) is 5.26 Å². The molecule has 0 unspecified atom stereocenters. The van der Waals surface area contributed by atoms with Crippen LogP contribution in [0.4, 0.5) is 10.2 Å². The number of nitrogens with one attached hydrogen (secondary N) is 2. The van der Waals surface area contributed by atoms with E-state index in [2.05, 4.69) is 48.6 Å². The van der Waals surface area contributed by atoms with Gasteiger partial charge < -0.3 is 15.0 Å². The number of nitrogens with zero attached hydrogens (tertiary/aromatic N) is 5. The highest BCUT2D eigenvalue weighted by atomic mass is 19.1. The number of hydrogen-bond acceptors (Lipinski definition) is 6. The molecule has 1 aliphatic heterocycles. The Hall–Kier alpha value is -4.16. The first-order valence-electron chi connectivity index (χ1n) is 14.0. The van der Waals surface area contributed by atoms with Gasteiger partial charge in [0, 0.05) is 45.3 Å². The molecule has 2 heterocycles. The van der Waals surface area contributed by atoms with Crippen molar-refractivity contribution in [2.45, 2.75) is 38.8 Å². The summed E-state index contributed by atoms with van der Waals surface area (Å²) < 4.78 is 19.3. The smallest absolute Gasteiger partial charge is 0.204 e. The lowest BCUT2D eigenvalue weighted by atomic mass is 10.1. The summed E-state index contributed by atoms with van der Waals surface area (Å²) in [6, 6.07) is 20.5. The number of halogens is 1. The maximum Gasteiger partial charge on any atom is 0.204 e. The number of aromatic nitrogens is 1. The second-order valence-electron chi connectivity index (χ2n) is 9.82. The summed E-state index contributed by atoms with van der Waals surface area (Å²) >= 11 is 0. The quantitative estimate of drug-likeness (QED) is 0.106. The third kappa shape index (κ3) is 9.86. The van der Waals surface area contributed by atoms with Gasteiger partial charge in [0.1, 0.15) is 17.4 Å². The van der Waals surface area contributed by atoms with Crippen LogP contribution >= 0.6 is 0 Å². The predicted octanol–water partition coefficient (Wildman–Crippen LogP) is 4.70. The van der Waals surface area contributed by atoms with Crippen LogP contribution in [0.5, 0.6) is 5.75 Å². The summed E-state index contributed by atoms with van der Waals surface area (Å²) in [6.07, 6.45) is 8.32. The van der Waals surface area contributed by atoms with E-state index in [0.29, 0.717) is 38.7 Å². The number of rotatable bonds is 13. The molecule has 0 bridgehead atoms. The van der Waals surface area contributed by atoms with Crippen molar-refractivity contribution in [3.63, 3.8) is 0 Å². The number of benzene rings is 2. The Morgan fingerprint density at radius 1 is 1.05 bits per heavy atom. The average Bonchev–Trinajstić information content (AvgIpc) is 2.98. The molecule has 1 aromatic heterocycles. The molecule has 0 amide bonds. The Bertz CT molecular complexity index is 1220. The Morgan fingerprint density at radius 3 is 2.67 bits per heavy atom. The maximum absolute atomic E-state index is 13.4. The number of pyridine rings is 1. The normalized spacial score (nSPS) is 13.8. The van der Waals surface area contributed by atoms with Crippen LogP contribution in [0.2, 0.25) is 0 Å². The van der Waals surface area contributed by atoms with E-state index < -0.39 is 0 Å². The van der Waals surface area contributed by atoms with E-state index in [1.807, 2.05) is 30.5 Å². The highest BCUT2D eigenvalue weighted by Gasteiger charge is 2.11. The van der Waals surface area contributed by atoms with E-state index in [4.69, 9.17) is 4.74 Å². The van der Waals surface area contributed by atoms with Gasteiger partial charge >= 0.3 is 0 Å². The summed E-state index contributed by atoms with van der Waals surface area (Å²) in [5.74, 6) is 1.86. The van der Waals surface area contributed by atoms with E-state index in [1.54, 1.807) is 18.3 Å². The fourth-order valence-corrected chi connectivity index (χ4v) is 4.68. The minimum Gasteiger partial charge on any atom is -0.494 e. The van der Waals surface area contributed by atoms with Crippen molar-refractivity contribution in [3.8, 4) is 11.9 Å². The highest BCUT2D eigenvalue weighted by Crippen LogP contribution is 2.18. The minimum absolute atomic E-state index is 0.259. The van der Waals surface area contributed by atoms with Crippen LogP contribution < -0.4 is 20.3 Å². The molecular formula is C31H38FN7O. The van der Waals surface area contributed by atoms with Crippen molar-refractivity contribution in [2.75, 3.05) is 44.2 Å². The summed E-state index contributed by atoms with van der Waals surface area (Å²) in [7, 11) is 0. The number of piperidine rings is 1. The molecule has 0 spiro atoms. The molecular weight excluding hydrogens is 505 g/mol. The van der Waals surface area contributed by atoms with Crippen molar-refractivity contribution in [1.82, 2.24) is 20.5 Å². The van der Waals surface area contributed by atoms with Crippen LogP contribution in [-0.4, -0.2) is 55.2 Å². The van der Waals surface area contributed by atoms with Crippen molar-refractivity contribution in [2.24, 2.45) is 4.99 Å².